The van der Waals surface area contributed by atoms with E-state index in [-0.39, 0.29) is 11.8 Å². The Kier molecular flexibility index (Phi) is 5.81. The molecule has 7 heteroatoms. The van der Waals surface area contributed by atoms with E-state index in [4.69, 9.17) is 0 Å². The molecule has 30 heavy (non-hydrogen) atoms. The van der Waals surface area contributed by atoms with Crippen molar-refractivity contribution in [1.82, 2.24) is 15.6 Å². The summed E-state index contributed by atoms with van der Waals surface area (Å²) in [5.74, 6) is -0.201. The zero-order chi connectivity index (χ0) is 21.1. The van der Waals surface area contributed by atoms with Gasteiger partial charge in [0.2, 0.25) is 0 Å². The third-order valence-corrected chi connectivity index (χ3v) is 6.02. The van der Waals surface area contributed by atoms with E-state index in [9.17, 15) is 9.59 Å². The molecule has 2 amide bonds. The highest BCUT2D eigenvalue weighted by atomic mass is 32.1. The largest absolute Gasteiger partial charge is 0.349 e. The molecule has 0 radical (unpaired) electrons. The molecule has 2 aromatic carbocycles. The molecule has 1 aliphatic carbocycles. The van der Waals surface area contributed by atoms with E-state index in [1.165, 1.54) is 11.3 Å². The molecule has 1 fully saturated rings. The molecule has 0 unspecified atom stereocenters. The Morgan fingerprint density at radius 2 is 1.83 bits per heavy atom. The van der Waals surface area contributed by atoms with Crippen molar-refractivity contribution in [2.45, 2.75) is 39.3 Å². The highest BCUT2D eigenvalue weighted by molar-refractivity contribution is 7.17. The Balaban J connectivity index is 1.45. The summed E-state index contributed by atoms with van der Waals surface area (Å²) in [6.07, 6.45) is 2.10. The van der Waals surface area contributed by atoms with Crippen molar-refractivity contribution in [3.63, 3.8) is 0 Å². The first-order chi connectivity index (χ1) is 14.5. The number of anilines is 2. The first kappa shape index (κ1) is 20.1. The summed E-state index contributed by atoms with van der Waals surface area (Å²) in [6, 6.07) is 15.7. The smallest absolute Gasteiger partial charge is 0.263 e. The van der Waals surface area contributed by atoms with E-state index in [0.717, 1.165) is 29.7 Å². The molecule has 3 aromatic rings. The Labute approximate surface area is 179 Å². The van der Waals surface area contributed by atoms with Gasteiger partial charge in [-0.25, -0.2) is 4.98 Å². The van der Waals surface area contributed by atoms with Crippen molar-refractivity contribution in [2.24, 2.45) is 0 Å². The predicted molar refractivity (Wildman–Crippen MR) is 119 cm³/mol. The van der Waals surface area contributed by atoms with Crippen LogP contribution in [0.4, 0.5) is 10.8 Å². The molecule has 4 rings (SSSR count). The van der Waals surface area contributed by atoms with Gasteiger partial charge in [-0.1, -0.05) is 47.7 Å². The number of rotatable bonds is 7. The van der Waals surface area contributed by atoms with E-state index < -0.39 is 0 Å². The maximum absolute atomic E-state index is 12.6. The van der Waals surface area contributed by atoms with Crippen LogP contribution in [0.25, 0.3) is 0 Å². The molecule has 1 aromatic heterocycles. The summed E-state index contributed by atoms with van der Waals surface area (Å²) in [4.78, 5) is 30.0. The minimum absolute atomic E-state index is 0.0585. The lowest BCUT2D eigenvalue weighted by Crippen LogP contribution is -2.25. The Morgan fingerprint density at radius 1 is 1.07 bits per heavy atom. The molecule has 0 bridgehead atoms. The fourth-order valence-corrected chi connectivity index (χ4v) is 3.92. The first-order valence-corrected chi connectivity index (χ1v) is 10.8. The van der Waals surface area contributed by atoms with E-state index >= 15 is 0 Å². The quantitative estimate of drug-likeness (QED) is 0.531. The third-order valence-electron chi connectivity index (χ3n) is 4.95. The van der Waals surface area contributed by atoms with E-state index in [1.807, 2.05) is 62.4 Å². The number of hydrogen-bond acceptors (Lipinski definition) is 5. The lowest BCUT2D eigenvalue weighted by molar-refractivity contribution is 0.0944. The predicted octanol–water partition coefficient (Wildman–Crippen LogP) is 4.33. The van der Waals surface area contributed by atoms with Gasteiger partial charge in [0, 0.05) is 23.8 Å². The Hall–Kier alpha value is -3.19. The second-order valence-electron chi connectivity index (χ2n) is 7.50. The van der Waals surface area contributed by atoms with Gasteiger partial charge < -0.3 is 16.0 Å². The van der Waals surface area contributed by atoms with Gasteiger partial charge in [-0.3, -0.25) is 9.59 Å². The van der Waals surface area contributed by atoms with Gasteiger partial charge in [0.1, 0.15) is 4.88 Å². The van der Waals surface area contributed by atoms with Gasteiger partial charge in [0.15, 0.2) is 5.13 Å². The molecule has 3 N–H and O–H groups in total. The highest BCUT2D eigenvalue weighted by Gasteiger charge is 2.24. The second kappa shape index (κ2) is 8.67. The van der Waals surface area contributed by atoms with Crippen molar-refractivity contribution in [3.05, 3.63) is 75.8 Å². The molecule has 1 saturated carbocycles. The third kappa shape index (κ3) is 4.86. The van der Waals surface area contributed by atoms with Crippen molar-refractivity contribution in [2.75, 3.05) is 5.32 Å². The monoisotopic (exact) mass is 420 g/mol. The SMILES string of the molecule is Cc1ccc(C(=O)NC2CC2)cc1Nc1nc(C)c(C(=O)NCc2ccccc2)s1. The van der Waals surface area contributed by atoms with E-state index in [1.54, 1.807) is 0 Å². The van der Waals surface area contributed by atoms with Gasteiger partial charge >= 0.3 is 0 Å². The summed E-state index contributed by atoms with van der Waals surface area (Å²) in [6.45, 7) is 4.27. The van der Waals surface area contributed by atoms with Crippen LogP contribution in [0.2, 0.25) is 0 Å². The molecule has 6 nitrogen and oxygen atoms in total. The summed E-state index contributed by atoms with van der Waals surface area (Å²) in [7, 11) is 0. The summed E-state index contributed by atoms with van der Waals surface area (Å²) in [5.41, 5.74) is 4.14. The number of carbonyl (C=O) groups excluding carboxylic acids is 2. The molecule has 0 saturated heterocycles. The van der Waals surface area contributed by atoms with E-state index in [0.29, 0.717) is 33.9 Å². The minimum Gasteiger partial charge on any atom is -0.349 e. The van der Waals surface area contributed by atoms with Crippen molar-refractivity contribution in [3.8, 4) is 0 Å². The number of nitrogens with zero attached hydrogens (tertiary/aromatic N) is 1. The lowest BCUT2D eigenvalue weighted by Gasteiger charge is -2.10. The molecule has 1 heterocycles. The van der Waals surface area contributed by atoms with Crippen LogP contribution in [0, 0.1) is 13.8 Å². The number of benzene rings is 2. The highest BCUT2D eigenvalue weighted by Crippen LogP contribution is 2.28. The van der Waals surface area contributed by atoms with Crippen molar-refractivity contribution < 1.29 is 9.59 Å². The van der Waals surface area contributed by atoms with Crippen LogP contribution in [-0.2, 0) is 6.54 Å². The number of hydrogen-bond donors (Lipinski definition) is 3. The number of aromatic nitrogens is 1. The van der Waals surface area contributed by atoms with Crippen LogP contribution >= 0.6 is 11.3 Å². The lowest BCUT2D eigenvalue weighted by atomic mass is 10.1. The van der Waals surface area contributed by atoms with Gasteiger partial charge in [0.05, 0.1) is 5.69 Å². The Bertz CT molecular complexity index is 1070. The van der Waals surface area contributed by atoms with Crippen LogP contribution in [0.5, 0.6) is 0 Å². The van der Waals surface area contributed by atoms with Gasteiger partial charge in [-0.2, -0.15) is 0 Å². The second-order valence-corrected chi connectivity index (χ2v) is 8.50. The molecular formula is C23H24N4O2S. The average molecular weight is 421 g/mol. The number of carbonyl (C=O) groups is 2. The average Bonchev–Trinajstić information content (AvgIpc) is 3.48. The van der Waals surface area contributed by atoms with Crippen molar-refractivity contribution in [1.29, 1.82) is 0 Å². The molecule has 0 spiro atoms. The number of thiazole rings is 1. The normalized spacial score (nSPS) is 13.0. The number of nitrogens with one attached hydrogen (secondary N) is 3. The first-order valence-electron chi connectivity index (χ1n) is 9.97. The molecule has 0 aliphatic heterocycles. The van der Waals surface area contributed by atoms with Crippen LogP contribution in [0.15, 0.2) is 48.5 Å². The van der Waals surface area contributed by atoms with E-state index in [2.05, 4.69) is 20.9 Å². The van der Waals surface area contributed by atoms with Crippen LogP contribution in [-0.4, -0.2) is 22.8 Å². The molecule has 1 aliphatic rings. The molecule has 154 valence electrons. The van der Waals surface area contributed by atoms with Crippen LogP contribution < -0.4 is 16.0 Å². The fourth-order valence-electron chi connectivity index (χ4n) is 3.03. The van der Waals surface area contributed by atoms with Crippen LogP contribution in [0.1, 0.15) is 49.7 Å². The maximum Gasteiger partial charge on any atom is 0.263 e. The zero-order valence-electron chi connectivity index (χ0n) is 17.0. The summed E-state index contributed by atoms with van der Waals surface area (Å²) >= 11 is 1.31. The summed E-state index contributed by atoms with van der Waals surface area (Å²) < 4.78 is 0. The Morgan fingerprint density at radius 3 is 2.57 bits per heavy atom. The van der Waals surface area contributed by atoms with Gasteiger partial charge in [0.25, 0.3) is 11.8 Å². The minimum atomic E-state index is -0.142. The molecular weight excluding hydrogens is 396 g/mol. The zero-order valence-corrected chi connectivity index (χ0v) is 17.8. The standard InChI is InChI=1S/C23H24N4O2S/c1-14-8-9-17(21(28)26-18-10-11-18)12-19(14)27-23-25-15(2)20(30-23)22(29)24-13-16-6-4-3-5-7-16/h3-9,12,18H,10-11,13H2,1-2H3,(H,24,29)(H,25,27)(H,26,28). The fraction of sp³-hybridized carbons (Fsp3) is 0.261. The summed E-state index contributed by atoms with van der Waals surface area (Å²) in [5, 5.41) is 9.85. The number of aryl methyl sites for hydroxylation is 2. The van der Waals surface area contributed by atoms with Gasteiger partial charge in [-0.15, -0.1) is 0 Å². The number of amides is 2. The van der Waals surface area contributed by atoms with Gasteiger partial charge in [-0.05, 0) is 49.9 Å². The topological polar surface area (TPSA) is 83.1 Å². The molecule has 0 atom stereocenters. The van der Waals surface area contributed by atoms with Crippen LogP contribution in [0.3, 0.4) is 0 Å². The maximum atomic E-state index is 12.6. The van der Waals surface area contributed by atoms with Crippen molar-refractivity contribution >= 4 is 34.0 Å².